The molecule has 1 heterocycles. The molecule has 0 aliphatic rings. The molecular weight excluding hydrogens is 271 g/mol. The molecule has 5 nitrogen and oxygen atoms in total. The molecule has 0 aliphatic carbocycles. The Morgan fingerprint density at radius 3 is 2.63 bits per heavy atom. The lowest BCUT2D eigenvalue weighted by Gasteiger charge is -2.06. The number of hydrogen-bond donors (Lipinski definition) is 2. The van der Waals surface area contributed by atoms with Crippen LogP contribution in [0.25, 0.3) is 0 Å². The highest BCUT2D eigenvalue weighted by Gasteiger charge is 2.19. The van der Waals surface area contributed by atoms with Crippen LogP contribution in [-0.2, 0) is 16.6 Å². The first-order chi connectivity index (χ1) is 8.92. The molecule has 19 heavy (non-hydrogen) atoms. The van der Waals surface area contributed by atoms with Gasteiger partial charge in [-0.3, -0.25) is 4.72 Å². The van der Waals surface area contributed by atoms with E-state index >= 15 is 0 Å². The molecule has 0 fully saturated rings. The number of halogens is 1. The van der Waals surface area contributed by atoms with Crippen molar-refractivity contribution in [3.8, 4) is 0 Å². The third-order valence-electron chi connectivity index (χ3n) is 2.51. The highest BCUT2D eigenvalue weighted by molar-refractivity contribution is 7.92. The lowest BCUT2D eigenvalue weighted by atomic mass is 10.2. The molecule has 0 saturated heterocycles. The Balaban J connectivity index is 2.28. The molecule has 0 aliphatic heterocycles. The van der Waals surface area contributed by atoms with Crippen molar-refractivity contribution in [3.63, 3.8) is 0 Å². The van der Waals surface area contributed by atoms with Crippen LogP contribution < -0.4 is 10.5 Å². The number of anilines is 1. The Hall–Kier alpha value is -1.86. The summed E-state index contributed by atoms with van der Waals surface area (Å²) in [5, 5.41) is -0.227. The summed E-state index contributed by atoms with van der Waals surface area (Å²) in [5.74, 6) is -0.0259. The molecule has 1 aromatic carbocycles. The molecule has 0 amide bonds. The summed E-state index contributed by atoms with van der Waals surface area (Å²) >= 11 is 0. The van der Waals surface area contributed by atoms with Crippen LogP contribution in [0.4, 0.5) is 10.1 Å². The Bertz CT molecular complexity index is 695. The van der Waals surface area contributed by atoms with E-state index in [9.17, 15) is 12.8 Å². The minimum atomic E-state index is -3.83. The van der Waals surface area contributed by atoms with Gasteiger partial charge in [0.15, 0.2) is 0 Å². The number of rotatable bonds is 4. The molecule has 2 aromatic rings. The molecule has 1 aromatic heterocycles. The van der Waals surface area contributed by atoms with E-state index in [-0.39, 0.29) is 17.3 Å². The number of hydrogen-bond acceptors (Lipinski definition) is 4. The lowest BCUT2D eigenvalue weighted by Crippen LogP contribution is -2.12. The molecule has 0 saturated carbocycles. The molecule has 2 rings (SSSR count). The van der Waals surface area contributed by atoms with Crippen molar-refractivity contribution in [2.45, 2.75) is 18.6 Å². The van der Waals surface area contributed by atoms with E-state index in [0.29, 0.717) is 11.3 Å². The SMILES string of the molecule is Cc1cc(NS(=O)(=O)c2ccc(CN)o2)ccc1F. The zero-order valence-electron chi connectivity index (χ0n) is 10.2. The predicted molar refractivity (Wildman–Crippen MR) is 68.5 cm³/mol. The monoisotopic (exact) mass is 284 g/mol. The fourth-order valence-electron chi connectivity index (χ4n) is 1.53. The largest absolute Gasteiger partial charge is 0.446 e. The molecule has 0 unspecified atom stereocenters. The number of nitrogens with one attached hydrogen (secondary N) is 1. The van der Waals surface area contributed by atoms with Crippen molar-refractivity contribution in [3.05, 3.63) is 47.5 Å². The van der Waals surface area contributed by atoms with Crippen LogP contribution in [0.1, 0.15) is 11.3 Å². The van der Waals surface area contributed by atoms with Gasteiger partial charge >= 0.3 is 0 Å². The average Bonchev–Trinajstić information content (AvgIpc) is 2.83. The summed E-state index contributed by atoms with van der Waals surface area (Å²) in [6.07, 6.45) is 0. The van der Waals surface area contributed by atoms with Crippen molar-refractivity contribution < 1.29 is 17.2 Å². The van der Waals surface area contributed by atoms with E-state index in [4.69, 9.17) is 10.2 Å². The fraction of sp³-hybridized carbons (Fsp3) is 0.167. The number of nitrogens with two attached hydrogens (primary N) is 1. The Morgan fingerprint density at radius 2 is 2.05 bits per heavy atom. The summed E-state index contributed by atoms with van der Waals surface area (Å²) in [6, 6.07) is 6.75. The van der Waals surface area contributed by atoms with Crippen LogP contribution in [0.3, 0.4) is 0 Å². The molecule has 102 valence electrons. The molecule has 0 spiro atoms. The number of furan rings is 1. The van der Waals surface area contributed by atoms with Crippen molar-refractivity contribution in [1.82, 2.24) is 0 Å². The highest BCUT2D eigenvalue weighted by atomic mass is 32.2. The molecule has 0 atom stereocenters. The second-order valence-corrected chi connectivity index (χ2v) is 5.61. The summed E-state index contributed by atoms with van der Waals surface area (Å²) in [6.45, 7) is 1.66. The van der Waals surface area contributed by atoms with Gasteiger partial charge in [0.05, 0.1) is 6.54 Å². The Labute approximate surface area is 110 Å². The molecule has 3 N–H and O–H groups in total. The zero-order chi connectivity index (χ0) is 14.0. The van der Waals surface area contributed by atoms with Gasteiger partial charge in [0, 0.05) is 5.69 Å². The smallest absolute Gasteiger partial charge is 0.295 e. The quantitative estimate of drug-likeness (QED) is 0.899. The van der Waals surface area contributed by atoms with Crippen LogP contribution in [0, 0.1) is 12.7 Å². The summed E-state index contributed by atoms with van der Waals surface area (Å²) in [7, 11) is -3.83. The second-order valence-electron chi connectivity index (χ2n) is 3.99. The van der Waals surface area contributed by atoms with Gasteiger partial charge in [-0.15, -0.1) is 0 Å². The molecular formula is C12H13FN2O3S. The van der Waals surface area contributed by atoms with Gasteiger partial charge in [-0.05, 0) is 42.8 Å². The molecule has 7 heteroatoms. The van der Waals surface area contributed by atoms with E-state index in [2.05, 4.69) is 4.72 Å². The normalized spacial score (nSPS) is 11.5. The van der Waals surface area contributed by atoms with Gasteiger partial charge in [0.2, 0.25) is 5.09 Å². The van der Waals surface area contributed by atoms with Gasteiger partial charge in [-0.1, -0.05) is 0 Å². The van der Waals surface area contributed by atoms with Gasteiger partial charge in [-0.2, -0.15) is 8.42 Å². The van der Waals surface area contributed by atoms with Gasteiger partial charge in [0.1, 0.15) is 11.6 Å². The highest BCUT2D eigenvalue weighted by Crippen LogP contribution is 2.20. The number of sulfonamides is 1. The first kappa shape index (κ1) is 13.6. The Morgan fingerprint density at radius 1 is 1.32 bits per heavy atom. The van der Waals surface area contributed by atoms with Crippen molar-refractivity contribution in [2.24, 2.45) is 5.73 Å². The van der Waals surface area contributed by atoms with E-state index in [1.165, 1.54) is 30.3 Å². The van der Waals surface area contributed by atoms with Gasteiger partial charge < -0.3 is 10.2 Å². The third kappa shape index (κ3) is 2.94. The third-order valence-corrected chi connectivity index (χ3v) is 3.77. The summed E-state index contributed by atoms with van der Waals surface area (Å²) in [4.78, 5) is 0. The maximum atomic E-state index is 13.1. The van der Waals surface area contributed by atoms with E-state index in [1.807, 2.05) is 0 Å². The van der Waals surface area contributed by atoms with Gasteiger partial charge in [-0.25, -0.2) is 4.39 Å². The number of benzene rings is 1. The standard InChI is InChI=1S/C12H13FN2O3S/c1-8-6-9(2-4-11(8)13)15-19(16,17)12-5-3-10(7-14)18-12/h2-6,15H,7,14H2,1H3. The van der Waals surface area contributed by atoms with E-state index in [0.717, 1.165) is 0 Å². The van der Waals surface area contributed by atoms with Gasteiger partial charge in [0.25, 0.3) is 10.0 Å². The maximum absolute atomic E-state index is 13.1. The maximum Gasteiger partial charge on any atom is 0.295 e. The summed E-state index contributed by atoms with van der Waals surface area (Å²) in [5.41, 5.74) is 5.96. The van der Waals surface area contributed by atoms with Crippen molar-refractivity contribution in [2.75, 3.05) is 4.72 Å². The van der Waals surface area contributed by atoms with Crippen molar-refractivity contribution in [1.29, 1.82) is 0 Å². The summed E-state index contributed by atoms with van der Waals surface area (Å²) < 4.78 is 44.5. The second kappa shape index (κ2) is 5.02. The average molecular weight is 284 g/mol. The molecule has 0 bridgehead atoms. The first-order valence-electron chi connectivity index (χ1n) is 5.50. The lowest BCUT2D eigenvalue weighted by molar-refractivity contribution is 0.417. The predicted octanol–water partition coefficient (Wildman–Crippen LogP) is 1.99. The van der Waals surface area contributed by atoms with Crippen LogP contribution in [-0.4, -0.2) is 8.42 Å². The first-order valence-corrected chi connectivity index (χ1v) is 6.98. The minimum Gasteiger partial charge on any atom is -0.446 e. The Kier molecular flexibility index (Phi) is 3.59. The van der Waals surface area contributed by atoms with E-state index < -0.39 is 15.8 Å². The van der Waals surface area contributed by atoms with Crippen LogP contribution in [0.2, 0.25) is 0 Å². The topological polar surface area (TPSA) is 85.3 Å². The fourth-order valence-corrected chi connectivity index (χ4v) is 2.53. The molecule has 0 radical (unpaired) electrons. The minimum absolute atomic E-state index is 0.116. The number of aryl methyl sites for hydroxylation is 1. The van der Waals surface area contributed by atoms with Crippen LogP contribution >= 0.6 is 0 Å². The zero-order valence-corrected chi connectivity index (χ0v) is 11.0. The van der Waals surface area contributed by atoms with Crippen LogP contribution in [0.5, 0.6) is 0 Å². The van der Waals surface area contributed by atoms with E-state index in [1.54, 1.807) is 6.92 Å². The van der Waals surface area contributed by atoms with Crippen molar-refractivity contribution >= 4 is 15.7 Å². The van der Waals surface area contributed by atoms with Crippen LogP contribution in [0.15, 0.2) is 39.8 Å².